The molecule has 0 radical (unpaired) electrons. The summed E-state index contributed by atoms with van der Waals surface area (Å²) in [6.45, 7) is 6.67. The first kappa shape index (κ1) is 13.4. The highest BCUT2D eigenvalue weighted by Crippen LogP contribution is 2.45. The van der Waals surface area contributed by atoms with E-state index in [1.54, 1.807) is 14.2 Å². The van der Waals surface area contributed by atoms with E-state index in [9.17, 15) is 0 Å². The number of anilines is 2. The molecule has 0 amide bonds. The van der Waals surface area contributed by atoms with Crippen LogP contribution in [0, 0.1) is 5.92 Å². The van der Waals surface area contributed by atoms with Crippen molar-refractivity contribution < 1.29 is 9.47 Å². The van der Waals surface area contributed by atoms with E-state index in [4.69, 9.17) is 9.47 Å². The molecule has 3 rings (SSSR count). The second kappa shape index (κ2) is 4.76. The maximum atomic E-state index is 5.46. The molecule has 0 unspecified atom stereocenters. The molecule has 4 heteroatoms. The lowest BCUT2D eigenvalue weighted by atomic mass is 9.96. The third-order valence-corrected chi connectivity index (χ3v) is 4.37. The van der Waals surface area contributed by atoms with Crippen LogP contribution >= 0.6 is 0 Å². The van der Waals surface area contributed by atoms with Crippen LogP contribution < -0.4 is 19.7 Å². The van der Waals surface area contributed by atoms with E-state index in [1.807, 2.05) is 6.07 Å². The van der Waals surface area contributed by atoms with Crippen molar-refractivity contribution >= 4 is 11.4 Å². The molecule has 0 atom stereocenters. The number of benzene rings is 1. The van der Waals surface area contributed by atoms with Gasteiger partial charge in [-0.3, -0.25) is 0 Å². The van der Waals surface area contributed by atoms with Gasteiger partial charge in [-0.2, -0.15) is 0 Å². The number of fused-ring (bicyclic) bond motifs is 1. The van der Waals surface area contributed by atoms with Crippen LogP contribution in [0.4, 0.5) is 11.4 Å². The van der Waals surface area contributed by atoms with E-state index in [0.29, 0.717) is 0 Å². The van der Waals surface area contributed by atoms with Crippen LogP contribution in [0.15, 0.2) is 12.1 Å². The highest BCUT2D eigenvalue weighted by molar-refractivity contribution is 5.78. The zero-order chi connectivity index (χ0) is 14.3. The molecule has 0 spiro atoms. The zero-order valence-corrected chi connectivity index (χ0v) is 12.8. The monoisotopic (exact) mass is 276 g/mol. The minimum Gasteiger partial charge on any atom is -0.493 e. The Morgan fingerprint density at radius 3 is 2.45 bits per heavy atom. The smallest absolute Gasteiger partial charge is 0.162 e. The molecule has 0 aromatic heterocycles. The van der Waals surface area contributed by atoms with Gasteiger partial charge in [-0.25, -0.2) is 0 Å². The molecule has 1 heterocycles. The molecular weight excluding hydrogens is 252 g/mol. The summed E-state index contributed by atoms with van der Waals surface area (Å²) in [6, 6.07) is 4.15. The highest BCUT2D eigenvalue weighted by Gasteiger charge is 2.37. The van der Waals surface area contributed by atoms with Crippen LogP contribution in [-0.4, -0.2) is 32.8 Å². The summed E-state index contributed by atoms with van der Waals surface area (Å²) in [7, 11) is 3.37. The normalized spacial score (nSPS) is 20.1. The van der Waals surface area contributed by atoms with Crippen LogP contribution in [0.3, 0.4) is 0 Å². The average Bonchev–Trinajstić information content (AvgIpc) is 3.24. The summed E-state index contributed by atoms with van der Waals surface area (Å²) in [5.74, 6) is 2.43. The fraction of sp³-hybridized carbons (Fsp3) is 0.625. The van der Waals surface area contributed by atoms with E-state index < -0.39 is 0 Å². The highest BCUT2D eigenvalue weighted by atomic mass is 16.5. The number of methoxy groups -OCH3 is 2. The van der Waals surface area contributed by atoms with Gasteiger partial charge in [0, 0.05) is 25.2 Å². The standard InChI is InChI=1S/C16H24N2O2/c1-16(2)10-17-12-7-14(19-3)15(20-4)8-13(12)18(16)9-11-5-6-11/h7-8,11,17H,5-6,9-10H2,1-4H3. The zero-order valence-electron chi connectivity index (χ0n) is 12.8. The molecule has 0 bridgehead atoms. The van der Waals surface area contributed by atoms with Crippen LogP contribution in [0.1, 0.15) is 26.7 Å². The summed E-state index contributed by atoms with van der Waals surface area (Å²) >= 11 is 0. The maximum absolute atomic E-state index is 5.46. The van der Waals surface area contributed by atoms with Gasteiger partial charge in [0.15, 0.2) is 11.5 Å². The Labute approximate surface area is 121 Å². The predicted octanol–water partition coefficient (Wildman–Crippen LogP) is 3.12. The van der Waals surface area contributed by atoms with Crippen LogP contribution in [0.25, 0.3) is 0 Å². The maximum Gasteiger partial charge on any atom is 0.162 e. The van der Waals surface area contributed by atoms with Crippen molar-refractivity contribution in [1.82, 2.24) is 0 Å². The fourth-order valence-corrected chi connectivity index (χ4v) is 2.87. The van der Waals surface area contributed by atoms with Gasteiger partial charge < -0.3 is 19.7 Å². The van der Waals surface area contributed by atoms with Gasteiger partial charge in [-0.05, 0) is 32.6 Å². The number of rotatable bonds is 4. The van der Waals surface area contributed by atoms with E-state index in [1.165, 1.54) is 18.5 Å². The van der Waals surface area contributed by atoms with E-state index in [2.05, 4.69) is 30.1 Å². The Kier molecular flexibility index (Phi) is 3.19. The third-order valence-electron chi connectivity index (χ3n) is 4.37. The SMILES string of the molecule is COc1cc2c(cc1OC)N(CC1CC1)C(C)(C)CN2. The molecule has 0 saturated heterocycles. The van der Waals surface area contributed by atoms with Gasteiger partial charge in [-0.1, -0.05) is 0 Å². The molecule has 1 aromatic carbocycles. The fourth-order valence-electron chi connectivity index (χ4n) is 2.87. The van der Waals surface area contributed by atoms with E-state index in [0.717, 1.165) is 36.2 Å². The Balaban J connectivity index is 2.02. The van der Waals surface area contributed by atoms with Crippen molar-refractivity contribution in [3.8, 4) is 11.5 Å². The quantitative estimate of drug-likeness (QED) is 0.916. The molecule has 20 heavy (non-hydrogen) atoms. The molecule has 1 aromatic rings. The molecule has 1 fully saturated rings. The first-order valence-corrected chi connectivity index (χ1v) is 7.32. The third kappa shape index (κ3) is 2.28. The van der Waals surface area contributed by atoms with Gasteiger partial charge in [0.2, 0.25) is 0 Å². The largest absolute Gasteiger partial charge is 0.493 e. The number of nitrogens with one attached hydrogen (secondary N) is 1. The van der Waals surface area contributed by atoms with Gasteiger partial charge in [0.05, 0.1) is 31.1 Å². The molecule has 110 valence electrons. The molecule has 2 aliphatic rings. The molecule has 1 saturated carbocycles. The Morgan fingerprint density at radius 1 is 1.20 bits per heavy atom. The topological polar surface area (TPSA) is 33.7 Å². The lowest BCUT2D eigenvalue weighted by molar-refractivity contribution is 0.354. The molecule has 4 nitrogen and oxygen atoms in total. The minimum atomic E-state index is 0.120. The van der Waals surface area contributed by atoms with E-state index in [-0.39, 0.29) is 5.54 Å². The van der Waals surface area contributed by atoms with Crippen molar-refractivity contribution in [3.63, 3.8) is 0 Å². The number of hydrogen-bond acceptors (Lipinski definition) is 4. The number of hydrogen-bond donors (Lipinski definition) is 1. The van der Waals surface area contributed by atoms with Gasteiger partial charge >= 0.3 is 0 Å². The van der Waals surface area contributed by atoms with Crippen molar-refractivity contribution in [1.29, 1.82) is 0 Å². The Morgan fingerprint density at radius 2 is 1.85 bits per heavy atom. The number of nitrogens with zero attached hydrogens (tertiary/aromatic N) is 1. The molecule has 1 aliphatic heterocycles. The van der Waals surface area contributed by atoms with Crippen LogP contribution in [0.5, 0.6) is 11.5 Å². The Bertz CT molecular complexity index is 509. The van der Waals surface area contributed by atoms with E-state index >= 15 is 0 Å². The van der Waals surface area contributed by atoms with Gasteiger partial charge in [0.1, 0.15) is 0 Å². The van der Waals surface area contributed by atoms with Crippen molar-refractivity contribution in [2.24, 2.45) is 5.92 Å². The van der Waals surface area contributed by atoms with Gasteiger partial charge in [0.25, 0.3) is 0 Å². The van der Waals surface area contributed by atoms with Crippen molar-refractivity contribution in [3.05, 3.63) is 12.1 Å². The summed E-state index contributed by atoms with van der Waals surface area (Å²) in [5.41, 5.74) is 2.49. The lowest BCUT2D eigenvalue weighted by Crippen LogP contribution is -2.53. The molecule has 1 aliphatic carbocycles. The summed E-state index contributed by atoms with van der Waals surface area (Å²) in [6.07, 6.45) is 2.73. The van der Waals surface area contributed by atoms with Crippen molar-refractivity contribution in [2.45, 2.75) is 32.2 Å². The van der Waals surface area contributed by atoms with Crippen LogP contribution in [0.2, 0.25) is 0 Å². The minimum absolute atomic E-state index is 0.120. The Hall–Kier alpha value is -1.58. The summed E-state index contributed by atoms with van der Waals surface area (Å²) < 4.78 is 10.9. The second-order valence-electron chi connectivity index (χ2n) is 6.44. The van der Waals surface area contributed by atoms with Gasteiger partial charge in [-0.15, -0.1) is 0 Å². The predicted molar refractivity (Wildman–Crippen MR) is 82.2 cm³/mol. The first-order chi connectivity index (χ1) is 9.55. The average molecular weight is 276 g/mol. The first-order valence-electron chi connectivity index (χ1n) is 7.32. The second-order valence-corrected chi connectivity index (χ2v) is 6.44. The summed E-state index contributed by atoms with van der Waals surface area (Å²) in [4.78, 5) is 2.53. The van der Waals surface area contributed by atoms with Crippen LogP contribution in [-0.2, 0) is 0 Å². The van der Waals surface area contributed by atoms with Crippen molar-refractivity contribution in [2.75, 3.05) is 37.5 Å². The molecule has 1 N–H and O–H groups in total. The molecular formula is C16H24N2O2. The lowest BCUT2D eigenvalue weighted by Gasteiger charge is -2.46. The summed E-state index contributed by atoms with van der Waals surface area (Å²) in [5, 5.41) is 3.53. The number of ether oxygens (including phenoxy) is 2.